The molecule has 118 valence electrons. The Morgan fingerprint density at radius 1 is 1.45 bits per heavy atom. The quantitative estimate of drug-likeness (QED) is 0.944. The van der Waals surface area contributed by atoms with Gasteiger partial charge in [-0.05, 0) is 44.7 Å². The van der Waals surface area contributed by atoms with Crippen LogP contribution in [0.4, 0.5) is 0 Å². The van der Waals surface area contributed by atoms with Crippen LogP contribution in [-0.2, 0) is 0 Å². The smallest absolute Gasteiger partial charge is 0.273 e. The molecule has 3 heterocycles. The molecule has 1 aliphatic heterocycles. The molecule has 1 aliphatic rings. The fourth-order valence-electron chi connectivity index (χ4n) is 2.78. The normalized spacial score (nSPS) is 17.7. The maximum Gasteiger partial charge on any atom is 0.273 e. The third kappa shape index (κ3) is 3.08. The number of carbonyl (C=O) groups excluding carboxylic acids is 1. The van der Waals surface area contributed by atoms with Crippen molar-refractivity contribution in [1.29, 1.82) is 0 Å². The number of aliphatic hydroxyl groups is 1. The SMILES string of the molecule is Cc1ccc(-c2nc(C(=O)N3CCC(C(C)O)CC3)cs2)o1. The van der Waals surface area contributed by atoms with Gasteiger partial charge >= 0.3 is 0 Å². The van der Waals surface area contributed by atoms with Crippen molar-refractivity contribution in [3.63, 3.8) is 0 Å². The summed E-state index contributed by atoms with van der Waals surface area (Å²) in [5.74, 6) is 1.79. The number of nitrogens with zero attached hydrogens (tertiary/aromatic N) is 2. The number of hydrogen-bond acceptors (Lipinski definition) is 5. The van der Waals surface area contributed by atoms with E-state index in [-0.39, 0.29) is 12.0 Å². The van der Waals surface area contributed by atoms with Crippen molar-refractivity contribution in [3.05, 3.63) is 29.0 Å². The molecule has 0 aliphatic carbocycles. The molecule has 5 nitrogen and oxygen atoms in total. The Balaban J connectivity index is 1.67. The summed E-state index contributed by atoms with van der Waals surface area (Å²) in [6.07, 6.45) is 1.39. The Kier molecular flexibility index (Phi) is 4.31. The lowest BCUT2D eigenvalue weighted by atomic mass is 9.92. The molecule has 1 amide bonds. The summed E-state index contributed by atoms with van der Waals surface area (Å²) in [4.78, 5) is 18.7. The van der Waals surface area contributed by atoms with Gasteiger partial charge in [-0.15, -0.1) is 11.3 Å². The van der Waals surface area contributed by atoms with Crippen molar-refractivity contribution in [1.82, 2.24) is 9.88 Å². The first-order valence-electron chi connectivity index (χ1n) is 7.54. The molecule has 1 atom stereocenters. The lowest BCUT2D eigenvalue weighted by Crippen LogP contribution is -2.40. The van der Waals surface area contributed by atoms with Crippen molar-refractivity contribution in [2.45, 2.75) is 32.8 Å². The summed E-state index contributed by atoms with van der Waals surface area (Å²) in [5.41, 5.74) is 0.476. The number of aryl methyl sites for hydroxylation is 1. The molecule has 1 fully saturated rings. The van der Waals surface area contributed by atoms with Crippen LogP contribution in [0.5, 0.6) is 0 Å². The van der Waals surface area contributed by atoms with Gasteiger partial charge in [-0.1, -0.05) is 0 Å². The maximum atomic E-state index is 12.5. The maximum absolute atomic E-state index is 12.5. The summed E-state index contributed by atoms with van der Waals surface area (Å²) in [7, 11) is 0. The number of aliphatic hydroxyl groups excluding tert-OH is 1. The van der Waals surface area contributed by atoms with Gasteiger partial charge in [-0.2, -0.15) is 0 Å². The Morgan fingerprint density at radius 3 is 2.77 bits per heavy atom. The average molecular weight is 320 g/mol. The zero-order valence-electron chi connectivity index (χ0n) is 12.8. The van der Waals surface area contributed by atoms with Gasteiger partial charge in [0.2, 0.25) is 0 Å². The van der Waals surface area contributed by atoms with Gasteiger partial charge < -0.3 is 14.4 Å². The highest BCUT2D eigenvalue weighted by molar-refractivity contribution is 7.13. The van der Waals surface area contributed by atoms with E-state index in [9.17, 15) is 9.90 Å². The van der Waals surface area contributed by atoms with Gasteiger partial charge in [0.05, 0.1) is 6.10 Å². The van der Waals surface area contributed by atoms with E-state index in [1.165, 1.54) is 11.3 Å². The molecule has 6 heteroatoms. The van der Waals surface area contributed by atoms with Crippen LogP contribution in [0.15, 0.2) is 21.9 Å². The van der Waals surface area contributed by atoms with E-state index in [1.54, 1.807) is 5.38 Å². The number of hydrogen-bond donors (Lipinski definition) is 1. The van der Waals surface area contributed by atoms with E-state index in [1.807, 2.05) is 30.9 Å². The molecule has 3 rings (SSSR count). The number of carbonyl (C=O) groups is 1. The fourth-order valence-corrected chi connectivity index (χ4v) is 3.54. The zero-order valence-corrected chi connectivity index (χ0v) is 13.6. The van der Waals surface area contributed by atoms with Crippen LogP contribution >= 0.6 is 11.3 Å². The Labute approximate surface area is 133 Å². The van der Waals surface area contributed by atoms with E-state index in [4.69, 9.17) is 4.42 Å². The van der Waals surface area contributed by atoms with Gasteiger partial charge in [0.1, 0.15) is 11.5 Å². The summed E-state index contributed by atoms with van der Waals surface area (Å²) in [5, 5.41) is 12.1. The minimum atomic E-state index is -0.301. The topological polar surface area (TPSA) is 66.6 Å². The van der Waals surface area contributed by atoms with E-state index in [2.05, 4.69) is 4.98 Å². The van der Waals surface area contributed by atoms with Crippen LogP contribution in [0, 0.1) is 12.8 Å². The summed E-state index contributed by atoms with van der Waals surface area (Å²) < 4.78 is 5.54. The third-order valence-electron chi connectivity index (χ3n) is 4.18. The predicted octanol–water partition coefficient (Wildman–Crippen LogP) is 2.94. The van der Waals surface area contributed by atoms with Crippen LogP contribution in [0.25, 0.3) is 10.8 Å². The second-order valence-electron chi connectivity index (χ2n) is 5.82. The summed E-state index contributed by atoms with van der Waals surface area (Å²) in [6, 6.07) is 3.76. The Hall–Kier alpha value is -1.66. The van der Waals surface area contributed by atoms with Crippen molar-refractivity contribution in [3.8, 4) is 10.8 Å². The number of furan rings is 1. The Morgan fingerprint density at radius 2 is 2.18 bits per heavy atom. The molecule has 22 heavy (non-hydrogen) atoms. The molecule has 1 N–H and O–H groups in total. The molecular weight excluding hydrogens is 300 g/mol. The molecule has 0 bridgehead atoms. The first kappa shape index (κ1) is 15.2. The van der Waals surface area contributed by atoms with Crippen LogP contribution < -0.4 is 0 Å². The minimum Gasteiger partial charge on any atom is -0.459 e. The summed E-state index contributed by atoms with van der Waals surface area (Å²) >= 11 is 1.42. The number of aromatic nitrogens is 1. The second-order valence-corrected chi connectivity index (χ2v) is 6.68. The standard InChI is InChI=1S/C16H20N2O3S/c1-10-3-4-14(21-10)15-17-13(9-22-15)16(20)18-7-5-12(6-8-18)11(2)19/h3-4,9,11-12,19H,5-8H2,1-2H3. The molecule has 0 radical (unpaired) electrons. The average Bonchev–Trinajstić information content (AvgIpc) is 3.15. The van der Waals surface area contributed by atoms with Crippen LogP contribution in [-0.4, -0.2) is 40.1 Å². The van der Waals surface area contributed by atoms with Gasteiger partial charge in [0, 0.05) is 18.5 Å². The number of thiazole rings is 1. The number of amides is 1. The molecule has 0 saturated carbocycles. The van der Waals surface area contributed by atoms with Crippen LogP contribution in [0.2, 0.25) is 0 Å². The van der Waals surface area contributed by atoms with Crippen LogP contribution in [0.3, 0.4) is 0 Å². The van der Waals surface area contributed by atoms with Gasteiger partial charge in [-0.3, -0.25) is 4.79 Å². The first-order chi connectivity index (χ1) is 10.5. The first-order valence-corrected chi connectivity index (χ1v) is 8.42. The predicted molar refractivity (Wildman–Crippen MR) is 84.9 cm³/mol. The minimum absolute atomic E-state index is 0.0326. The van der Waals surface area contributed by atoms with Crippen molar-refractivity contribution in [2.75, 3.05) is 13.1 Å². The van der Waals surface area contributed by atoms with E-state index < -0.39 is 0 Å². The molecule has 0 aromatic carbocycles. The number of rotatable bonds is 3. The second kappa shape index (κ2) is 6.22. The van der Waals surface area contributed by atoms with Gasteiger partial charge in [-0.25, -0.2) is 4.98 Å². The Bertz CT molecular complexity index is 654. The monoisotopic (exact) mass is 320 g/mol. The molecule has 0 spiro atoms. The largest absolute Gasteiger partial charge is 0.459 e. The molecule has 1 saturated heterocycles. The van der Waals surface area contributed by atoms with Crippen molar-refractivity contribution < 1.29 is 14.3 Å². The van der Waals surface area contributed by atoms with Crippen molar-refractivity contribution in [2.24, 2.45) is 5.92 Å². The van der Waals surface area contributed by atoms with Gasteiger partial charge in [0.15, 0.2) is 10.8 Å². The highest BCUT2D eigenvalue weighted by Crippen LogP contribution is 2.27. The molecule has 2 aromatic rings. The zero-order chi connectivity index (χ0) is 15.7. The lowest BCUT2D eigenvalue weighted by Gasteiger charge is -2.32. The molecular formula is C16H20N2O3S. The summed E-state index contributed by atoms with van der Waals surface area (Å²) in [6.45, 7) is 5.07. The van der Waals surface area contributed by atoms with E-state index in [0.717, 1.165) is 23.6 Å². The number of likely N-dealkylation sites (tertiary alicyclic amines) is 1. The van der Waals surface area contributed by atoms with E-state index >= 15 is 0 Å². The lowest BCUT2D eigenvalue weighted by molar-refractivity contribution is 0.0518. The highest BCUT2D eigenvalue weighted by atomic mass is 32.1. The van der Waals surface area contributed by atoms with Crippen LogP contribution in [0.1, 0.15) is 36.0 Å². The molecule has 2 aromatic heterocycles. The highest BCUT2D eigenvalue weighted by Gasteiger charge is 2.27. The number of piperidine rings is 1. The van der Waals surface area contributed by atoms with Crippen molar-refractivity contribution >= 4 is 17.2 Å². The fraction of sp³-hybridized carbons (Fsp3) is 0.500. The third-order valence-corrected chi connectivity index (χ3v) is 5.04. The molecule has 1 unspecified atom stereocenters. The van der Waals surface area contributed by atoms with E-state index in [0.29, 0.717) is 30.5 Å². The van der Waals surface area contributed by atoms with Gasteiger partial charge in [0.25, 0.3) is 5.91 Å².